The molecule has 0 spiro atoms. The van der Waals surface area contributed by atoms with Gasteiger partial charge in [-0.25, -0.2) is 9.97 Å². The Hall–Kier alpha value is -2.47. The Bertz CT molecular complexity index is 877. The van der Waals surface area contributed by atoms with E-state index >= 15 is 0 Å². The molecule has 1 N–H and O–H groups in total. The molecule has 6 nitrogen and oxygen atoms in total. The summed E-state index contributed by atoms with van der Waals surface area (Å²) in [5, 5.41) is 3.46. The van der Waals surface area contributed by atoms with Crippen LogP contribution < -0.4 is 10.1 Å². The van der Waals surface area contributed by atoms with Crippen LogP contribution in [0.15, 0.2) is 24.4 Å². The van der Waals surface area contributed by atoms with Crippen molar-refractivity contribution >= 4 is 5.91 Å². The van der Waals surface area contributed by atoms with Gasteiger partial charge in [0.25, 0.3) is 0 Å². The van der Waals surface area contributed by atoms with E-state index in [1.54, 1.807) is 7.11 Å². The fraction of sp³-hybridized carbons (Fsp3) is 0.522. The zero-order valence-electron chi connectivity index (χ0n) is 17.4. The van der Waals surface area contributed by atoms with Crippen molar-refractivity contribution in [1.29, 1.82) is 0 Å². The van der Waals surface area contributed by atoms with Crippen molar-refractivity contribution in [1.82, 2.24) is 20.2 Å². The number of ether oxygens (including phenoxy) is 1. The minimum absolute atomic E-state index is 0.224. The second-order valence-electron chi connectivity index (χ2n) is 8.07. The lowest BCUT2D eigenvalue weighted by atomic mass is 10.0. The molecule has 0 unspecified atom stereocenters. The fourth-order valence-electron chi connectivity index (χ4n) is 4.32. The minimum atomic E-state index is 0.224. The third kappa shape index (κ3) is 4.58. The maximum atomic E-state index is 12.7. The van der Waals surface area contributed by atoms with Crippen LogP contribution in [-0.4, -0.2) is 41.0 Å². The van der Waals surface area contributed by atoms with E-state index in [1.807, 2.05) is 17.2 Å². The van der Waals surface area contributed by atoms with Crippen molar-refractivity contribution in [3.8, 4) is 5.75 Å². The largest absolute Gasteiger partial charge is 0.496 e. The molecule has 0 radical (unpaired) electrons. The van der Waals surface area contributed by atoms with Gasteiger partial charge in [0.2, 0.25) is 5.91 Å². The zero-order chi connectivity index (χ0) is 20.2. The second kappa shape index (κ2) is 8.91. The predicted molar refractivity (Wildman–Crippen MR) is 112 cm³/mol. The van der Waals surface area contributed by atoms with E-state index in [9.17, 15) is 4.79 Å². The number of carbonyl (C=O) groups is 1. The van der Waals surface area contributed by atoms with Crippen LogP contribution in [0.3, 0.4) is 0 Å². The molecule has 0 bridgehead atoms. The number of rotatable bonds is 6. The van der Waals surface area contributed by atoms with Gasteiger partial charge in [-0.15, -0.1) is 0 Å². The number of aryl methyl sites for hydroxylation is 2. The van der Waals surface area contributed by atoms with Crippen molar-refractivity contribution in [2.75, 3.05) is 20.2 Å². The van der Waals surface area contributed by atoms with Gasteiger partial charge in [0.15, 0.2) is 0 Å². The molecule has 6 heteroatoms. The van der Waals surface area contributed by atoms with Crippen molar-refractivity contribution < 1.29 is 9.53 Å². The monoisotopic (exact) mass is 394 g/mol. The normalized spacial score (nSPS) is 18.6. The molecular formula is C23H30N4O2. The number of fused-ring (bicyclic) bond motifs is 1. The number of benzene rings is 1. The summed E-state index contributed by atoms with van der Waals surface area (Å²) >= 11 is 0. The third-order valence-corrected chi connectivity index (χ3v) is 5.99. The average Bonchev–Trinajstić information content (AvgIpc) is 3.28. The Morgan fingerprint density at radius 2 is 2.28 bits per heavy atom. The van der Waals surface area contributed by atoms with Gasteiger partial charge >= 0.3 is 0 Å². The highest BCUT2D eigenvalue weighted by atomic mass is 16.5. The highest BCUT2D eigenvalue weighted by Gasteiger charge is 2.24. The van der Waals surface area contributed by atoms with E-state index < -0.39 is 0 Å². The lowest BCUT2D eigenvalue weighted by Crippen LogP contribution is -2.36. The number of aromatic nitrogens is 2. The van der Waals surface area contributed by atoms with Gasteiger partial charge in [0.1, 0.15) is 11.6 Å². The van der Waals surface area contributed by atoms with Crippen LogP contribution in [0.5, 0.6) is 5.75 Å². The molecule has 1 fully saturated rings. The van der Waals surface area contributed by atoms with Crippen molar-refractivity contribution in [3.63, 3.8) is 0 Å². The smallest absolute Gasteiger partial charge is 0.222 e. The number of nitrogens with one attached hydrogen (secondary N) is 1. The molecule has 1 aromatic heterocycles. The molecule has 1 amide bonds. The van der Waals surface area contributed by atoms with Crippen LogP contribution in [0.1, 0.15) is 59.9 Å². The average molecular weight is 395 g/mol. The number of amides is 1. The molecule has 3 heterocycles. The van der Waals surface area contributed by atoms with Gasteiger partial charge in [-0.1, -0.05) is 12.1 Å². The van der Waals surface area contributed by atoms with Gasteiger partial charge in [-0.2, -0.15) is 0 Å². The molecule has 29 heavy (non-hydrogen) atoms. The van der Waals surface area contributed by atoms with E-state index in [-0.39, 0.29) is 5.91 Å². The SMILES string of the molecule is COc1ccc(CCCC(=O)N2CCc3nc([C@H]4CCCN4)ncc3C2)cc1C. The molecule has 1 saturated heterocycles. The van der Waals surface area contributed by atoms with Crippen molar-refractivity contribution in [2.24, 2.45) is 0 Å². The summed E-state index contributed by atoms with van der Waals surface area (Å²) in [5.41, 5.74) is 4.59. The zero-order valence-corrected chi connectivity index (χ0v) is 17.4. The summed E-state index contributed by atoms with van der Waals surface area (Å²) in [6, 6.07) is 6.53. The van der Waals surface area contributed by atoms with Crippen LogP contribution in [0.4, 0.5) is 0 Å². The van der Waals surface area contributed by atoms with Crippen LogP contribution in [0, 0.1) is 6.92 Å². The highest BCUT2D eigenvalue weighted by molar-refractivity contribution is 5.76. The maximum absolute atomic E-state index is 12.7. The Labute approximate surface area is 172 Å². The Kier molecular flexibility index (Phi) is 6.09. The molecule has 0 saturated carbocycles. The first-order chi connectivity index (χ1) is 14.1. The number of methoxy groups -OCH3 is 1. The first-order valence-corrected chi connectivity index (χ1v) is 10.6. The highest BCUT2D eigenvalue weighted by Crippen LogP contribution is 2.24. The quantitative estimate of drug-likeness (QED) is 0.815. The van der Waals surface area contributed by atoms with Gasteiger partial charge in [0.05, 0.1) is 18.8 Å². The van der Waals surface area contributed by atoms with E-state index in [4.69, 9.17) is 9.72 Å². The summed E-state index contributed by atoms with van der Waals surface area (Å²) < 4.78 is 5.31. The molecular weight excluding hydrogens is 364 g/mol. The number of nitrogens with zero attached hydrogens (tertiary/aromatic N) is 3. The number of hydrogen-bond donors (Lipinski definition) is 1. The number of carbonyl (C=O) groups excluding carboxylic acids is 1. The van der Waals surface area contributed by atoms with Crippen molar-refractivity contribution in [3.05, 3.63) is 52.6 Å². The standard InChI is InChI=1S/C23H30N4O2/c1-16-13-17(8-9-21(16)29-2)5-3-7-22(28)27-12-10-19-18(15-27)14-25-23(26-19)20-6-4-11-24-20/h8-9,13-14,20,24H,3-7,10-12,15H2,1-2H3/t20-/m1/s1. The summed E-state index contributed by atoms with van der Waals surface area (Å²) in [4.78, 5) is 24.0. The van der Waals surface area contributed by atoms with Gasteiger partial charge in [0, 0.05) is 37.7 Å². The Morgan fingerprint density at radius 1 is 1.38 bits per heavy atom. The summed E-state index contributed by atoms with van der Waals surface area (Å²) in [5.74, 6) is 2.05. The molecule has 2 aliphatic heterocycles. The fourth-order valence-corrected chi connectivity index (χ4v) is 4.32. The maximum Gasteiger partial charge on any atom is 0.222 e. The lowest BCUT2D eigenvalue weighted by Gasteiger charge is -2.28. The first-order valence-electron chi connectivity index (χ1n) is 10.6. The van der Waals surface area contributed by atoms with Crippen LogP contribution in [-0.2, 0) is 24.2 Å². The van der Waals surface area contributed by atoms with E-state index in [1.165, 1.54) is 12.0 Å². The molecule has 0 aliphatic carbocycles. The van der Waals surface area contributed by atoms with Gasteiger partial charge in [-0.3, -0.25) is 4.79 Å². The lowest BCUT2D eigenvalue weighted by molar-refractivity contribution is -0.132. The Morgan fingerprint density at radius 3 is 3.03 bits per heavy atom. The Balaban J connectivity index is 1.29. The topological polar surface area (TPSA) is 67.3 Å². The molecule has 2 aliphatic rings. The molecule has 154 valence electrons. The van der Waals surface area contributed by atoms with Crippen LogP contribution in [0.2, 0.25) is 0 Å². The number of hydrogen-bond acceptors (Lipinski definition) is 5. The predicted octanol–water partition coefficient (Wildman–Crippen LogP) is 3.13. The first kappa shape index (κ1) is 19.8. The van der Waals surface area contributed by atoms with Crippen molar-refractivity contribution in [2.45, 2.75) is 58.0 Å². The summed E-state index contributed by atoms with van der Waals surface area (Å²) in [7, 11) is 1.69. The second-order valence-corrected chi connectivity index (χ2v) is 8.07. The van der Waals surface area contributed by atoms with Crippen LogP contribution in [0.25, 0.3) is 0 Å². The van der Waals surface area contributed by atoms with E-state index in [0.29, 0.717) is 19.0 Å². The van der Waals surface area contributed by atoms with E-state index in [2.05, 4.69) is 29.4 Å². The molecule has 2 aromatic rings. The minimum Gasteiger partial charge on any atom is -0.496 e. The summed E-state index contributed by atoms with van der Waals surface area (Å²) in [6.07, 6.45) is 7.38. The summed E-state index contributed by atoms with van der Waals surface area (Å²) in [6.45, 7) is 4.48. The molecule has 1 atom stereocenters. The van der Waals surface area contributed by atoms with E-state index in [0.717, 1.165) is 67.2 Å². The molecule has 4 rings (SSSR count). The van der Waals surface area contributed by atoms with Crippen LogP contribution >= 0.6 is 0 Å². The molecule has 1 aromatic carbocycles. The third-order valence-electron chi connectivity index (χ3n) is 5.99. The van der Waals surface area contributed by atoms with Gasteiger partial charge in [-0.05, 0) is 56.3 Å². The van der Waals surface area contributed by atoms with Gasteiger partial charge < -0.3 is 15.0 Å².